The first-order valence-electron chi connectivity index (χ1n) is 5.85. The Morgan fingerprint density at radius 3 is 2.84 bits per heavy atom. The van der Waals surface area contributed by atoms with E-state index < -0.39 is 17.9 Å². The van der Waals surface area contributed by atoms with E-state index in [4.69, 9.17) is 0 Å². The molecule has 0 radical (unpaired) electrons. The van der Waals surface area contributed by atoms with Crippen LogP contribution in [0, 0.1) is 5.82 Å². The molecule has 6 heteroatoms. The minimum absolute atomic E-state index is 0.0472. The second-order valence-electron chi connectivity index (χ2n) is 4.39. The summed E-state index contributed by atoms with van der Waals surface area (Å²) in [5.41, 5.74) is 0.593. The van der Waals surface area contributed by atoms with E-state index in [0.29, 0.717) is 5.69 Å². The van der Waals surface area contributed by atoms with Crippen LogP contribution in [0.1, 0.15) is 12.0 Å². The average Bonchev–Trinajstić information content (AvgIpc) is 2.71. The standard InChI is InChI=1S/C13H14FNO4/c1-19-13(18)4-8-2-3-9(5-11(8)14)15-7-10(16)6-12(15)17/h2-3,5,10,16H,4,6-7H2,1H3. The summed E-state index contributed by atoms with van der Waals surface area (Å²) in [4.78, 5) is 24.0. The molecule has 1 aromatic rings. The molecule has 5 nitrogen and oxygen atoms in total. The fraction of sp³-hybridized carbons (Fsp3) is 0.385. The molecule has 19 heavy (non-hydrogen) atoms. The third kappa shape index (κ3) is 2.90. The molecule has 0 aliphatic carbocycles. The molecule has 1 amide bonds. The summed E-state index contributed by atoms with van der Waals surface area (Å²) in [6, 6.07) is 4.19. The predicted molar refractivity (Wildman–Crippen MR) is 65.1 cm³/mol. The van der Waals surface area contributed by atoms with Gasteiger partial charge in [-0.2, -0.15) is 0 Å². The maximum absolute atomic E-state index is 13.8. The molecule has 1 N–H and O–H groups in total. The second kappa shape index (κ2) is 5.36. The third-order valence-corrected chi connectivity index (χ3v) is 3.02. The molecule has 0 aromatic heterocycles. The van der Waals surface area contributed by atoms with Gasteiger partial charge in [0.25, 0.3) is 0 Å². The van der Waals surface area contributed by atoms with Crippen molar-refractivity contribution in [3.8, 4) is 0 Å². The number of β-amino-alcohol motifs (C(OH)–C–C–N with tert-alkyl or cyclic N) is 1. The number of hydrogen-bond acceptors (Lipinski definition) is 4. The first-order valence-corrected chi connectivity index (χ1v) is 5.85. The molecule has 1 aliphatic heterocycles. The summed E-state index contributed by atoms with van der Waals surface area (Å²) < 4.78 is 18.3. The van der Waals surface area contributed by atoms with Crippen LogP contribution in [-0.2, 0) is 20.7 Å². The van der Waals surface area contributed by atoms with Gasteiger partial charge in [-0.25, -0.2) is 4.39 Å². The highest BCUT2D eigenvalue weighted by atomic mass is 19.1. The van der Waals surface area contributed by atoms with E-state index in [2.05, 4.69) is 4.74 Å². The van der Waals surface area contributed by atoms with Crippen molar-refractivity contribution in [1.82, 2.24) is 0 Å². The number of carbonyl (C=O) groups is 2. The normalized spacial score (nSPS) is 18.8. The number of nitrogens with zero attached hydrogens (tertiary/aromatic N) is 1. The van der Waals surface area contributed by atoms with E-state index in [-0.39, 0.29) is 30.9 Å². The molecule has 1 saturated heterocycles. The van der Waals surface area contributed by atoms with Crippen molar-refractivity contribution in [2.24, 2.45) is 0 Å². The molecule has 1 fully saturated rings. The van der Waals surface area contributed by atoms with Crippen molar-refractivity contribution in [3.05, 3.63) is 29.6 Å². The van der Waals surface area contributed by atoms with Gasteiger partial charge in [-0.3, -0.25) is 9.59 Å². The molecule has 0 saturated carbocycles. The fourth-order valence-electron chi connectivity index (χ4n) is 2.01. The summed E-state index contributed by atoms with van der Waals surface area (Å²) in [5, 5.41) is 9.39. The highest BCUT2D eigenvalue weighted by Gasteiger charge is 2.29. The van der Waals surface area contributed by atoms with Crippen molar-refractivity contribution in [2.75, 3.05) is 18.6 Å². The number of rotatable bonds is 3. The van der Waals surface area contributed by atoms with E-state index >= 15 is 0 Å². The summed E-state index contributed by atoms with van der Waals surface area (Å²) in [6.07, 6.45) is -0.824. The van der Waals surface area contributed by atoms with Gasteiger partial charge in [-0.15, -0.1) is 0 Å². The lowest BCUT2D eigenvalue weighted by Gasteiger charge is -2.16. The van der Waals surface area contributed by atoms with E-state index in [9.17, 15) is 19.1 Å². The molecule has 0 spiro atoms. The molecule has 2 rings (SSSR count). The van der Waals surface area contributed by atoms with Crippen molar-refractivity contribution in [1.29, 1.82) is 0 Å². The number of halogens is 1. The molecular formula is C13H14FNO4. The SMILES string of the molecule is COC(=O)Cc1ccc(N2CC(O)CC2=O)cc1F. The number of aliphatic hydroxyl groups excluding tert-OH is 1. The van der Waals surface area contributed by atoms with Gasteiger partial charge in [-0.1, -0.05) is 6.07 Å². The zero-order valence-corrected chi connectivity index (χ0v) is 10.4. The van der Waals surface area contributed by atoms with Crippen LogP contribution in [0.5, 0.6) is 0 Å². The molecular weight excluding hydrogens is 253 g/mol. The number of benzene rings is 1. The van der Waals surface area contributed by atoms with Gasteiger partial charge in [0, 0.05) is 5.69 Å². The minimum atomic E-state index is -0.717. The first-order chi connectivity index (χ1) is 9.01. The lowest BCUT2D eigenvalue weighted by Crippen LogP contribution is -2.25. The van der Waals surface area contributed by atoms with E-state index in [1.807, 2.05) is 0 Å². The zero-order valence-electron chi connectivity index (χ0n) is 10.4. The van der Waals surface area contributed by atoms with Gasteiger partial charge in [0.2, 0.25) is 5.91 Å². The number of esters is 1. The van der Waals surface area contributed by atoms with Crippen LogP contribution in [0.3, 0.4) is 0 Å². The lowest BCUT2D eigenvalue weighted by molar-refractivity contribution is -0.139. The minimum Gasteiger partial charge on any atom is -0.469 e. The second-order valence-corrected chi connectivity index (χ2v) is 4.39. The van der Waals surface area contributed by atoms with E-state index in [1.165, 1.54) is 24.1 Å². The van der Waals surface area contributed by atoms with Crippen LogP contribution < -0.4 is 4.90 Å². The number of carbonyl (C=O) groups excluding carboxylic acids is 2. The highest BCUT2D eigenvalue weighted by molar-refractivity contribution is 5.96. The number of methoxy groups -OCH3 is 1. The Hall–Kier alpha value is -1.95. The van der Waals surface area contributed by atoms with Crippen molar-refractivity contribution < 1.29 is 23.8 Å². The Labute approximate surface area is 109 Å². The van der Waals surface area contributed by atoms with E-state index in [0.717, 1.165) is 0 Å². The van der Waals surface area contributed by atoms with Crippen LogP contribution >= 0.6 is 0 Å². The Balaban J connectivity index is 2.19. The predicted octanol–water partition coefficient (Wildman–Crippen LogP) is 0.639. The van der Waals surface area contributed by atoms with Crippen LogP contribution in [0.2, 0.25) is 0 Å². The van der Waals surface area contributed by atoms with Crippen LogP contribution in [0.25, 0.3) is 0 Å². The van der Waals surface area contributed by atoms with Gasteiger partial charge < -0.3 is 14.7 Å². The summed E-state index contributed by atoms with van der Waals surface area (Å²) >= 11 is 0. The Kier molecular flexibility index (Phi) is 3.80. The molecule has 102 valence electrons. The first kappa shape index (κ1) is 13.5. The van der Waals surface area contributed by atoms with Gasteiger partial charge in [0.1, 0.15) is 5.82 Å². The number of hydrogen-bond donors (Lipinski definition) is 1. The monoisotopic (exact) mass is 267 g/mol. The largest absolute Gasteiger partial charge is 0.469 e. The molecule has 1 aliphatic rings. The number of ether oxygens (including phenoxy) is 1. The van der Waals surface area contributed by atoms with Crippen LogP contribution in [0.15, 0.2) is 18.2 Å². The van der Waals surface area contributed by atoms with Crippen molar-refractivity contribution in [3.63, 3.8) is 0 Å². The average molecular weight is 267 g/mol. The van der Waals surface area contributed by atoms with Gasteiger partial charge >= 0.3 is 5.97 Å². The Bertz CT molecular complexity index is 517. The van der Waals surface area contributed by atoms with Crippen LogP contribution in [0.4, 0.5) is 10.1 Å². The molecule has 0 bridgehead atoms. The smallest absolute Gasteiger partial charge is 0.310 e. The lowest BCUT2D eigenvalue weighted by atomic mass is 10.1. The summed E-state index contributed by atoms with van der Waals surface area (Å²) in [5.74, 6) is -1.34. The number of anilines is 1. The van der Waals surface area contributed by atoms with Gasteiger partial charge in [-0.05, 0) is 17.7 Å². The topological polar surface area (TPSA) is 66.8 Å². The number of amides is 1. The molecule has 1 unspecified atom stereocenters. The summed E-state index contributed by atoms with van der Waals surface area (Å²) in [6.45, 7) is 0.161. The Morgan fingerprint density at radius 1 is 1.58 bits per heavy atom. The van der Waals surface area contributed by atoms with E-state index in [1.54, 1.807) is 6.07 Å². The summed E-state index contributed by atoms with van der Waals surface area (Å²) in [7, 11) is 1.24. The highest BCUT2D eigenvalue weighted by Crippen LogP contribution is 2.24. The molecule has 1 aromatic carbocycles. The zero-order chi connectivity index (χ0) is 14.0. The number of aliphatic hydroxyl groups is 1. The Morgan fingerprint density at radius 2 is 2.32 bits per heavy atom. The van der Waals surface area contributed by atoms with Gasteiger partial charge in [0.15, 0.2) is 0 Å². The van der Waals surface area contributed by atoms with Crippen molar-refractivity contribution in [2.45, 2.75) is 18.9 Å². The molecule has 1 heterocycles. The maximum atomic E-state index is 13.8. The quantitative estimate of drug-likeness (QED) is 0.816. The van der Waals surface area contributed by atoms with Gasteiger partial charge in [0.05, 0.1) is 32.6 Å². The van der Waals surface area contributed by atoms with Crippen LogP contribution in [-0.4, -0.2) is 36.7 Å². The molecule has 1 atom stereocenters. The fourth-order valence-corrected chi connectivity index (χ4v) is 2.01. The maximum Gasteiger partial charge on any atom is 0.310 e. The third-order valence-electron chi connectivity index (χ3n) is 3.02. The van der Waals surface area contributed by atoms with Crippen molar-refractivity contribution >= 4 is 17.6 Å².